The Morgan fingerprint density at radius 2 is 1.97 bits per heavy atom. The number of benzene rings is 2. The van der Waals surface area contributed by atoms with Crippen molar-refractivity contribution >= 4 is 50.1 Å². The van der Waals surface area contributed by atoms with Crippen LogP contribution >= 0.6 is 23.1 Å². The first-order valence-corrected chi connectivity index (χ1v) is 13.3. The Morgan fingerprint density at radius 3 is 2.62 bits per heavy atom. The molecule has 7 nitrogen and oxygen atoms in total. The maximum absolute atomic E-state index is 12.8. The zero-order valence-corrected chi connectivity index (χ0v) is 19.7. The number of rotatable bonds is 8. The van der Waals surface area contributed by atoms with Gasteiger partial charge in [-0.1, -0.05) is 48.2 Å². The van der Waals surface area contributed by atoms with Gasteiger partial charge in [0.25, 0.3) is 0 Å². The molecule has 0 bridgehead atoms. The number of nitrogens with one attached hydrogen (secondary N) is 1. The first-order chi connectivity index (χ1) is 15.4. The maximum Gasteiger partial charge on any atom is 0.238 e. The number of hydrogen-bond donors (Lipinski definition) is 2. The summed E-state index contributed by atoms with van der Waals surface area (Å²) in [6, 6.07) is 18.2. The second-order valence-electron chi connectivity index (χ2n) is 7.05. The van der Waals surface area contributed by atoms with Crippen LogP contribution in [0.15, 0.2) is 76.1 Å². The highest BCUT2D eigenvalue weighted by atomic mass is 32.2. The maximum atomic E-state index is 12.8. The fourth-order valence-electron chi connectivity index (χ4n) is 3.43. The second-order valence-corrected chi connectivity index (χ2v) is 10.5. The zero-order valence-electron chi connectivity index (χ0n) is 17.3. The normalized spacial score (nSPS) is 12.7. The summed E-state index contributed by atoms with van der Waals surface area (Å²) in [6.07, 6.45) is 0. The Labute approximate surface area is 194 Å². The number of carbonyl (C=O) groups excluding carboxylic acids is 1. The van der Waals surface area contributed by atoms with Gasteiger partial charge >= 0.3 is 0 Å². The molecule has 166 valence electrons. The van der Waals surface area contributed by atoms with Crippen LogP contribution < -0.4 is 10.5 Å². The number of nitrogens with zero attached hydrogens (tertiary/aromatic N) is 2. The molecule has 4 aromatic rings. The number of aromatic nitrogens is 2. The fraction of sp³-hybridized carbons (Fsp3) is 0.182. The van der Waals surface area contributed by atoms with E-state index in [9.17, 15) is 13.2 Å². The summed E-state index contributed by atoms with van der Waals surface area (Å²) in [5, 5.41) is 11.0. The van der Waals surface area contributed by atoms with Crippen molar-refractivity contribution in [1.82, 2.24) is 14.9 Å². The van der Waals surface area contributed by atoms with Crippen molar-refractivity contribution in [3.8, 4) is 0 Å². The number of sulfonamides is 1. The van der Waals surface area contributed by atoms with Crippen LogP contribution in [-0.4, -0.2) is 29.6 Å². The number of imidazole rings is 1. The predicted molar refractivity (Wildman–Crippen MR) is 128 cm³/mol. The lowest BCUT2D eigenvalue weighted by molar-refractivity contribution is -0.119. The minimum absolute atomic E-state index is 0.0155. The van der Waals surface area contributed by atoms with Crippen LogP contribution in [0.3, 0.4) is 0 Å². The van der Waals surface area contributed by atoms with E-state index in [4.69, 9.17) is 5.14 Å². The quantitative estimate of drug-likeness (QED) is 0.369. The molecule has 4 rings (SSSR count). The van der Waals surface area contributed by atoms with Crippen molar-refractivity contribution in [3.63, 3.8) is 0 Å². The van der Waals surface area contributed by atoms with Crippen molar-refractivity contribution in [2.45, 2.75) is 29.6 Å². The third kappa shape index (κ3) is 4.88. The number of carbonyl (C=O) groups is 1. The number of hydrogen-bond acceptors (Lipinski definition) is 6. The van der Waals surface area contributed by atoms with Crippen molar-refractivity contribution in [1.29, 1.82) is 0 Å². The molecule has 0 saturated heterocycles. The second kappa shape index (κ2) is 9.45. The lowest BCUT2D eigenvalue weighted by Gasteiger charge is -2.18. The molecule has 0 saturated carbocycles. The molecule has 2 aromatic carbocycles. The molecule has 3 N–H and O–H groups in total. The largest absolute Gasteiger partial charge is 0.344 e. The molecule has 1 atom stereocenters. The van der Waals surface area contributed by atoms with Gasteiger partial charge in [-0.3, -0.25) is 4.79 Å². The third-order valence-corrected chi connectivity index (χ3v) is 7.75. The summed E-state index contributed by atoms with van der Waals surface area (Å²) < 4.78 is 25.3. The van der Waals surface area contributed by atoms with Gasteiger partial charge in [-0.25, -0.2) is 18.5 Å². The van der Waals surface area contributed by atoms with Gasteiger partial charge in [-0.05, 0) is 42.1 Å². The Hall–Kier alpha value is -2.66. The monoisotopic (exact) mass is 486 g/mol. The van der Waals surface area contributed by atoms with Gasteiger partial charge < -0.3 is 9.88 Å². The first-order valence-electron chi connectivity index (χ1n) is 9.90. The van der Waals surface area contributed by atoms with E-state index < -0.39 is 10.0 Å². The summed E-state index contributed by atoms with van der Waals surface area (Å²) in [4.78, 5) is 18.5. The number of nitrogens with two attached hydrogens (primary N) is 1. The van der Waals surface area contributed by atoms with E-state index in [-0.39, 0.29) is 22.6 Å². The van der Waals surface area contributed by atoms with Crippen LogP contribution in [0.1, 0.15) is 23.4 Å². The first kappa shape index (κ1) is 22.5. The van der Waals surface area contributed by atoms with Crippen LogP contribution in [0.2, 0.25) is 0 Å². The lowest BCUT2D eigenvalue weighted by atomic mass is 10.1. The highest BCUT2D eigenvalue weighted by Crippen LogP contribution is 2.28. The third-order valence-electron chi connectivity index (χ3n) is 4.93. The van der Waals surface area contributed by atoms with E-state index in [0.717, 1.165) is 16.0 Å². The lowest BCUT2D eigenvalue weighted by Crippen LogP contribution is -2.30. The standard InChI is InChI=1S/C22H22N4O3S3/c1-2-26-18-11-10-16(32(23,28)29)13-17(18)24-22(26)31-14-20(27)25-21(19-9-6-12-30-19)15-7-4-3-5-8-15/h3-13,21H,2,14H2,1H3,(H,25,27)(H2,23,28,29)/t21-/m0/s1. The number of thiophene rings is 1. The van der Waals surface area contributed by atoms with E-state index in [1.807, 2.05) is 59.3 Å². The van der Waals surface area contributed by atoms with Crippen LogP contribution in [0.25, 0.3) is 11.0 Å². The number of primary sulfonamides is 1. The topological polar surface area (TPSA) is 107 Å². The molecular weight excluding hydrogens is 464 g/mol. The fourth-order valence-corrected chi connectivity index (χ4v) is 5.66. The summed E-state index contributed by atoms with van der Waals surface area (Å²) in [7, 11) is -3.81. The van der Waals surface area contributed by atoms with Crippen molar-refractivity contribution in [3.05, 3.63) is 76.5 Å². The van der Waals surface area contributed by atoms with Crippen LogP contribution in [0.5, 0.6) is 0 Å². The van der Waals surface area contributed by atoms with Gasteiger partial charge in [0.05, 0.1) is 27.7 Å². The summed E-state index contributed by atoms with van der Waals surface area (Å²) in [6.45, 7) is 2.61. The van der Waals surface area contributed by atoms with E-state index in [1.165, 1.54) is 23.9 Å². The minimum Gasteiger partial charge on any atom is -0.344 e. The Balaban J connectivity index is 1.53. The van der Waals surface area contributed by atoms with E-state index >= 15 is 0 Å². The number of amides is 1. The highest BCUT2D eigenvalue weighted by molar-refractivity contribution is 7.99. The minimum atomic E-state index is -3.81. The van der Waals surface area contributed by atoms with Crippen molar-refractivity contribution < 1.29 is 13.2 Å². The predicted octanol–water partition coefficient (Wildman–Crippen LogP) is 3.76. The SMILES string of the molecule is CCn1c(SCC(=O)N[C@@H](c2ccccc2)c2cccs2)nc2cc(S(N)(=O)=O)ccc21. The van der Waals surface area contributed by atoms with Crippen LogP contribution in [0.4, 0.5) is 0 Å². The molecule has 1 amide bonds. The zero-order chi connectivity index (χ0) is 22.7. The molecule has 2 heterocycles. The molecule has 0 unspecified atom stereocenters. The van der Waals surface area contributed by atoms with E-state index in [2.05, 4.69) is 10.3 Å². The number of thioether (sulfide) groups is 1. The van der Waals surface area contributed by atoms with Crippen LogP contribution in [0, 0.1) is 0 Å². The molecule has 0 radical (unpaired) electrons. The van der Waals surface area contributed by atoms with Gasteiger partial charge in [0, 0.05) is 11.4 Å². The molecular formula is C22H22N4O3S3. The molecule has 0 spiro atoms. The Kier molecular flexibility index (Phi) is 6.66. The van der Waals surface area contributed by atoms with Crippen molar-refractivity contribution in [2.75, 3.05) is 5.75 Å². The van der Waals surface area contributed by atoms with Gasteiger partial charge in [-0.15, -0.1) is 11.3 Å². The Morgan fingerprint density at radius 1 is 1.19 bits per heavy atom. The molecule has 2 aromatic heterocycles. The van der Waals surface area contributed by atoms with Gasteiger partial charge in [-0.2, -0.15) is 0 Å². The number of fused-ring (bicyclic) bond motifs is 1. The Bertz CT molecular complexity index is 1330. The van der Waals surface area contributed by atoms with Crippen LogP contribution in [-0.2, 0) is 21.4 Å². The van der Waals surface area contributed by atoms with E-state index in [0.29, 0.717) is 17.2 Å². The number of aryl methyl sites for hydroxylation is 1. The van der Waals surface area contributed by atoms with E-state index in [1.54, 1.807) is 17.4 Å². The molecule has 0 fully saturated rings. The van der Waals surface area contributed by atoms with Gasteiger partial charge in [0.15, 0.2) is 5.16 Å². The summed E-state index contributed by atoms with van der Waals surface area (Å²) in [5.74, 6) is 0.0669. The molecule has 0 aliphatic carbocycles. The summed E-state index contributed by atoms with van der Waals surface area (Å²) in [5.41, 5.74) is 2.34. The van der Waals surface area contributed by atoms with Crippen molar-refractivity contribution in [2.24, 2.45) is 5.14 Å². The smallest absolute Gasteiger partial charge is 0.238 e. The highest BCUT2D eigenvalue weighted by Gasteiger charge is 2.19. The molecule has 10 heteroatoms. The van der Waals surface area contributed by atoms with Gasteiger partial charge in [0.1, 0.15) is 0 Å². The average Bonchev–Trinajstić information content (AvgIpc) is 3.43. The molecule has 0 aliphatic rings. The molecule has 32 heavy (non-hydrogen) atoms. The summed E-state index contributed by atoms with van der Waals surface area (Å²) >= 11 is 2.91. The average molecular weight is 487 g/mol. The van der Waals surface area contributed by atoms with Gasteiger partial charge in [0.2, 0.25) is 15.9 Å². The molecule has 0 aliphatic heterocycles.